The highest BCUT2D eigenvalue weighted by Gasteiger charge is 2.27. The number of halogens is 1. The van der Waals surface area contributed by atoms with Gasteiger partial charge < -0.3 is 10.1 Å². The fourth-order valence-electron chi connectivity index (χ4n) is 3.20. The molecule has 0 atom stereocenters. The molecule has 0 aliphatic carbocycles. The van der Waals surface area contributed by atoms with E-state index >= 15 is 0 Å². The third kappa shape index (κ3) is 7.74. The molecule has 0 heterocycles. The van der Waals surface area contributed by atoms with Crippen LogP contribution in [0.2, 0.25) is 0 Å². The first-order valence-corrected chi connectivity index (χ1v) is 13.4. The molecular weight excluding hydrogens is 532 g/mol. The van der Waals surface area contributed by atoms with Crippen molar-refractivity contribution in [1.82, 2.24) is 4.31 Å². The third-order valence-electron chi connectivity index (χ3n) is 5.11. The Morgan fingerprint density at radius 2 is 1.60 bits per heavy atom. The third-order valence-corrected chi connectivity index (χ3v) is 7.44. The molecule has 0 spiro atoms. The normalized spacial score (nSPS) is 11.3. The Bertz CT molecular complexity index is 1230. The second-order valence-electron chi connectivity index (χ2n) is 7.83. The standard InChI is InChI=1S/C26H27BrN2O5S/c1-2-3-17-34-26(31)21-11-15-23(16-12-21)28-25(30)19-29(18-20-9-13-22(27)14-10-20)35(32,33)24-7-5-4-6-8-24/h4-16H,2-3,17-19H2,1H3,(H,28,30). The van der Waals surface area contributed by atoms with Crippen molar-refractivity contribution in [1.29, 1.82) is 0 Å². The second kappa shape index (κ2) is 12.6. The molecule has 0 aromatic heterocycles. The lowest BCUT2D eigenvalue weighted by atomic mass is 10.2. The first-order valence-electron chi connectivity index (χ1n) is 11.2. The molecule has 1 N–H and O–H groups in total. The number of unbranched alkanes of at least 4 members (excludes halogenated alkanes) is 1. The van der Waals surface area contributed by atoms with Gasteiger partial charge in [-0.25, -0.2) is 13.2 Å². The zero-order chi connectivity index (χ0) is 25.3. The van der Waals surface area contributed by atoms with E-state index in [0.29, 0.717) is 17.9 Å². The zero-order valence-corrected chi connectivity index (χ0v) is 21.7. The molecule has 3 rings (SSSR count). The van der Waals surface area contributed by atoms with Gasteiger partial charge in [0.15, 0.2) is 0 Å². The first kappa shape index (κ1) is 26.6. The van der Waals surface area contributed by atoms with E-state index in [-0.39, 0.29) is 18.0 Å². The monoisotopic (exact) mass is 558 g/mol. The minimum absolute atomic E-state index is 0.0282. The van der Waals surface area contributed by atoms with E-state index in [4.69, 9.17) is 4.74 Å². The highest BCUT2D eigenvalue weighted by molar-refractivity contribution is 9.10. The lowest BCUT2D eigenvalue weighted by Crippen LogP contribution is -2.37. The van der Waals surface area contributed by atoms with Crippen LogP contribution in [0.15, 0.2) is 88.2 Å². The maximum absolute atomic E-state index is 13.3. The van der Waals surface area contributed by atoms with Crippen LogP contribution in [0.25, 0.3) is 0 Å². The smallest absolute Gasteiger partial charge is 0.338 e. The average Bonchev–Trinajstić information content (AvgIpc) is 2.86. The van der Waals surface area contributed by atoms with E-state index in [1.165, 1.54) is 12.1 Å². The van der Waals surface area contributed by atoms with Crippen molar-refractivity contribution in [2.75, 3.05) is 18.5 Å². The van der Waals surface area contributed by atoms with Gasteiger partial charge >= 0.3 is 5.97 Å². The molecule has 3 aromatic rings. The summed E-state index contributed by atoms with van der Waals surface area (Å²) in [5.41, 5.74) is 1.56. The molecular formula is C26H27BrN2O5S. The van der Waals surface area contributed by atoms with Crippen LogP contribution in [0.1, 0.15) is 35.7 Å². The first-order chi connectivity index (χ1) is 16.8. The fourth-order valence-corrected chi connectivity index (χ4v) is 4.87. The number of anilines is 1. The molecule has 0 aliphatic rings. The molecule has 0 aliphatic heterocycles. The average molecular weight is 559 g/mol. The summed E-state index contributed by atoms with van der Waals surface area (Å²) in [4.78, 5) is 25.0. The molecule has 0 unspecified atom stereocenters. The topological polar surface area (TPSA) is 92.8 Å². The van der Waals surface area contributed by atoms with Crippen molar-refractivity contribution in [2.24, 2.45) is 0 Å². The van der Waals surface area contributed by atoms with Crippen LogP contribution in [0.4, 0.5) is 5.69 Å². The molecule has 0 bridgehead atoms. The number of nitrogens with zero attached hydrogens (tertiary/aromatic N) is 1. The molecule has 0 saturated carbocycles. The minimum Gasteiger partial charge on any atom is -0.462 e. The van der Waals surface area contributed by atoms with Crippen molar-refractivity contribution < 1.29 is 22.7 Å². The Morgan fingerprint density at radius 1 is 0.943 bits per heavy atom. The van der Waals surface area contributed by atoms with Crippen LogP contribution in [-0.2, 0) is 26.1 Å². The zero-order valence-electron chi connectivity index (χ0n) is 19.3. The van der Waals surface area contributed by atoms with Crippen LogP contribution in [0, 0.1) is 0 Å². The maximum Gasteiger partial charge on any atom is 0.338 e. The number of ether oxygens (including phenoxy) is 1. The number of carbonyl (C=O) groups is 2. The number of nitrogens with one attached hydrogen (secondary N) is 1. The van der Waals surface area contributed by atoms with Gasteiger partial charge in [0.2, 0.25) is 15.9 Å². The van der Waals surface area contributed by atoms with Gasteiger partial charge in [-0.05, 0) is 60.5 Å². The van der Waals surface area contributed by atoms with Gasteiger partial charge in [-0.15, -0.1) is 0 Å². The Morgan fingerprint density at radius 3 is 2.23 bits per heavy atom. The summed E-state index contributed by atoms with van der Waals surface area (Å²) in [5.74, 6) is -0.925. The number of hydrogen-bond donors (Lipinski definition) is 1. The lowest BCUT2D eigenvalue weighted by molar-refractivity contribution is -0.116. The van der Waals surface area contributed by atoms with Gasteiger partial charge in [-0.3, -0.25) is 4.79 Å². The summed E-state index contributed by atoms with van der Waals surface area (Å²) in [5, 5.41) is 2.70. The summed E-state index contributed by atoms with van der Waals surface area (Å²) in [6.07, 6.45) is 1.72. The number of sulfonamides is 1. The van der Waals surface area contributed by atoms with E-state index in [1.807, 2.05) is 19.1 Å². The van der Waals surface area contributed by atoms with Gasteiger partial charge in [-0.2, -0.15) is 4.31 Å². The van der Waals surface area contributed by atoms with E-state index in [0.717, 1.165) is 27.2 Å². The number of amides is 1. The van der Waals surface area contributed by atoms with Gasteiger partial charge in [0.25, 0.3) is 0 Å². The predicted octanol–water partition coefficient (Wildman–Crippen LogP) is 5.24. The molecule has 7 nitrogen and oxygen atoms in total. The van der Waals surface area contributed by atoms with Crippen molar-refractivity contribution in [3.8, 4) is 0 Å². The van der Waals surface area contributed by atoms with Gasteiger partial charge in [0.05, 0.1) is 23.6 Å². The summed E-state index contributed by atoms with van der Waals surface area (Å²) in [7, 11) is -3.93. The van der Waals surface area contributed by atoms with Gasteiger partial charge in [0, 0.05) is 16.7 Å². The lowest BCUT2D eigenvalue weighted by Gasteiger charge is -2.22. The quantitative estimate of drug-likeness (QED) is 0.257. The van der Waals surface area contributed by atoms with Crippen molar-refractivity contribution in [2.45, 2.75) is 31.2 Å². The number of carbonyl (C=O) groups excluding carboxylic acids is 2. The van der Waals surface area contributed by atoms with Crippen LogP contribution in [-0.4, -0.2) is 37.8 Å². The highest BCUT2D eigenvalue weighted by Crippen LogP contribution is 2.20. The minimum atomic E-state index is -3.93. The summed E-state index contributed by atoms with van der Waals surface area (Å²) >= 11 is 3.37. The van der Waals surface area contributed by atoms with E-state index in [9.17, 15) is 18.0 Å². The number of hydrogen-bond acceptors (Lipinski definition) is 5. The fraction of sp³-hybridized carbons (Fsp3) is 0.231. The predicted molar refractivity (Wildman–Crippen MR) is 138 cm³/mol. The molecule has 35 heavy (non-hydrogen) atoms. The number of esters is 1. The van der Waals surface area contributed by atoms with Gasteiger partial charge in [-0.1, -0.05) is 59.6 Å². The second-order valence-corrected chi connectivity index (χ2v) is 10.7. The summed E-state index contributed by atoms with van der Waals surface area (Å²) in [6, 6.07) is 21.5. The molecule has 1 amide bonds. The molecule has 0 saturated heterocycles. The molecule has 9 heteroatoms. The van der Waals surface area contributed by atoms with Crippen LogP contribution in [0.5, 0.6) is 0 Å². The van der Waals surface area contributed by atoms with Gasteiger partial charge in [0.1, 0.15) is 0 Å². The van der Waals surface area contributed by atoms with E-state index in [2.05, 4.69) is 21.2 Å². The van der Waals surface area contributed by atoms with Crippen LogP contribution >= 0.6 is 15.9 Å². The van der Waals surface area contributed by atoms with Crippen LogP contribution < -0.4 is 5.32 Å². The molecule has 184 valence electrons. The van der Waals surface area contributed by atoms with Crippen molar-refractivity contribution >= 4 is 43.5 Å². The Labute approximate surface area is 214 Å². The summed E-state index contributed by atoms with van der Waals surface area (Å²) < 4.78 is 33.8. The van der Waals surface area contributed by atoms with Crippen LogP contribution in [0.3, 0.4) is 0 Å². The number of benzene rings is 3. The molecule has 3 aromatic carbocycles. The SMILES string of the molecule is CCCCOC(=O)c1ccc(NC(=O)CN(Cc2ccc(Br)cc2)S(=O)(=O)c2ccccc2)cc1. The van der Waals surface area contributed by atoms with Crippen molar-refractivity contribution in [3.05, 3.63) is 94.5 Å². The Kier molecular flexibility index (Phi) is 9.59. The van der Waals surface area contributed by atoms with E-state index in [1.54, 1.807) is 54.6 Å². The highest BCUT2D eigenvalue weighted by atomic mass is 79.9. The maximum atomic E-state index is 13.3. The molecule has 0 radical (unpaired) electrons. The summed E-state index contributed by atoms with van der Waals surface area (Å²) in [6.45, 7) is 2.02. The Balaban J connectivity index is 1.72. The Hall–Kier alpha value is -3.01. The largest absolute Gasteiger partial charge is 0.462 e. The number of rotatable bonds is 11. The van der Waals surface area contributed by atoms with E-state index < -0.39 is 21.9 Å². The molecule has 0 fully saturated rings. The van der Waals surface area contributed by atoms with Crippen molar-refractivity contribution in [3.63, 3.8) is 0 Å².